The lowest BCUT2D eigenvalue weighted by atomic mass is 10.3. The Morgan fingerprint density at radius 3 is 2.71 bits per heavy atom. The Hall–Kier alpha value is -1.81. The number of fused-ring (bicyclic) bond motifs is 1. The van der Waals surface area contributed by atoms with Gasteiger partial charge in [-0.3, -0.25) is 4.68 Å². The summed E-state index contributed by atoms with van der Waals surface area (Å²) in [6.45, 7) is 2.12. The summed E-state index contributed by atoms with van der Waals surface area (Å²) in [6.07, 6.45) is 3.98. The Kier molecular flexibility index (Phi) is 2.57. The lowest BCUT2D eigenvalue weighted by Crippen LogP contribution is -2.16. The predicted molar refractivity (Wildman–Crippen MR) is 71.8 cm³/mol. The van der Waals surface area contributed by atoms with Crippen LogP contribution in [0.3, 0.4) is 0 Å². The molecule has 2 aromatic heterocycles. The summed E-state index contributed by atoms with van der Waals surface area (Å²) in [5, 5.41) is 1.11. The Morgan fingerprint density at radius 1 is 1.18 bits per heavy atom. The molecule has 0 saturated carbocycles. The second kappa shape index (κ2) is 4.22. The van der Waals surface area contributed by atoms with Crippen LogP contribution in [0.2, 0.25) is 0 Å². The van der Waals surface area contributed by atoms with Crippen molar-refractivity contribution in [1.29, 1.82) is 0 Å². The van der Waals surface area contributed by atoms with Crippen LogP contribution >= 0.6 is 11.3 Å². The second-order valence-corrected chi connectivity index (χ2v) is 5.02. The van der Waals surface area contributed by atoms with Gasteiger partial charge < -0.3 is 5.43 Å². The van der Waals surface area contributed by atoms with E-state index in [1.807, 2.05) is 41.3 Å². The Balaban J connectivity index is 1.88. The van der Waals surface area contributed by atoms with Crippen LogP contribution in [0.25, 0.3) is 10.2 Å². The third-order valence-corrected chi connectivity index (χ3v) is 3.85. The summed E-state index contributed by atoms with van der Waals surface area (Å²) in [6, 6.07) is 12.4. The third kappa shape index (κ3) is 2.03. The minimum atomic E-state index is 0.208. The molecule has 3 nitrogen and oxygen atoms in total. The molecule has 17 heavy (non-hydrogen) atoms. The monoisotopic (exact) mass is 243 g/mol. The highest BCUT2D eigenvalue weighted by molar-refractivity contribution is 7.18. The van der Waals surface area contributed by atoms with Gasteiger partial charge in [0, 0.05) is 12.4 Å². The van der Waals surface area contributed by atoms with Crippen molar-refractivity contribution in [3.8, 4) is 0 Å². The lowest BCUT2D eigenvalue weighted by Gasteiger charge is -2.13. The number of rotatable bonds is 3. The zero-order valence-electron chi connectivity index (χ0n) is 9.50. The number of thiazole rings is 1. The van der Waals surface area contributed by atoms with Crippen molar-refractivity contribution in [1.82, 2.24) is 9.66 Å². The molecule has 0 fully saturated rings. The molecular formula is C13H13N3S. The minimum Gasteiger partial charge on any atom is -0.317 e. The van der Waals surface area contributed by atoms with E-state index in [0.717, 1.165) is 10.5 Å². The molecule has 1 atom stereocenters. The van der Waals surface area contributed by atoms with Crippen LogP contribution in [0.1, 0.15) is 18.0 Å². The summed E-state index contributed by atoms with van der Waals surface area (Å²) in [7, 11) is 0. The second-order valence-electron chi connectivity index (χ2n) is 3.96. The van der Waals surface area contributed by atoms with E-state index in [4.69, 9.17) is 0 Å². The van der Waals surface area contributed by atoms with E-state index in [1.165, 1.54) is 4.70 Å². The number of aromatic nitrogens is 2. The fourth-order valence-electron chi connectivity index (χ4n) is 1.77. The summed E-state index contributed by atoms with van der Waals surface area (Å²) in [4.78, 5) is 4.64. The molecule has 1 unspecified atom stereocenters. The molecule has 0 spiro atoms. The predicted octanol–water partition coefficient (Wildman–Crippen LogP) is 3.40. The average Bonchev–Trinajstić information content (AvgIpc) is 2.96. The number of para-hydroxylation sites is 1. The number of hydrogen-bond acceptors (Lipinski definition) is 3. The molecule has 2 heterocycles. The molecule has 3 rings (SSSR count). The molecule has 0 radical (unpaired) electrons. The number of hydrogen-bond donors (Lipinski definition) is 1. The zero-order valence-corrected chi connectivity index (χ0v) is 10.3. The van der Waals surface area contributed by atoms with E-state index >= 15 is 0 Å². The topological polar surface area (TPSA) is 29.9 Å². The molecule has 0 aliphatic heterocycles. The Labute approximate surface area is 104 Å². The van der Waals surface area contributed by atoms with Crippen molar-refractivity contribution < 1.29 is 0 Å². The summed E-state index contributed by atoms with van der Waals surface area (Å²) < 4.78 is 3.19. The Morgan fingerprint density at radius 2 is 1.94 bits per heavy atom. The molecule has 3 aromatic rings. The smallest absolute Gasteiger partial charge is 0.117 e. The largest absolute Gasteiger partial charge is 0.317 e. The molecule has 1 N–H and O–H groups in total. The van der Waals surface area contributed by atoms with Gasteiger partial charge in [0.25, 0.3) is 0 Å². The van der Waals surface area contributed by atoms with Crippen LogP contribution in [0.4, 0.5) is 0 Å². The van der Waals surface area contributed by atoms with E-state index in [0.29, 0.717) is 0 Å². The van der Waals surface area contributed by atoms with E-state index in [-0.39, 0.29) is 6.04 Å². The first-order valence-electron chi connectivity index (χ1n) is 5.58. The molecule has 4 heteroatoms. The van der Waals surface area contributed by atoms with Crippen molar-refractivity contribution >= 4 is 21.6 Å². The maximum Gasteiger partial charge on any atom is 0.117 e. The first kappa shape index (κ1) is 10.4. The molecule has 0 amide bonds. The summed E-state index contributed by atoms with van der Waals surface area (Å²) in [5.74, 6) is 0. The van der Waals surface area contributed by atoms with Gasteiger partial charge in [0.15, 0.2) is 0 Å². The van der Waals surface area contributed by atoms with Crippen molar-refractivity contribution in [2.45, 2.75) is 13.0 Å². The molecule has 0 aliphatic rings. The van der Waals surface area contributed by atoms with E-state index in [9.17, 15) is 0 Å². The van der Waals surface area contributed by atoms with E-state index in [1.54, 1.807) is 11.3 Å². The number of nitrogens with one attached hydrogen (secondary N) is 1. The zero-order chi connectivity index (χ0) is 11.7. The van der Waals surface area contributed by atoms with Gasteiger partial charge in [-0.15, -0.1) is 11.3 Å². The Bertz CT molecular complexity index is 579. The van der Waals surface area contributed by atoms with Gasteiger partial charge in [-0.1, -0.05) is 12.1 Å². The molecule has 0 aliphatic carbocycles. The van der Waals surface area contributed by atoms with Gasteiger partial charge in [0.05, 0.1) is 16.3 Å². The SMILES string of the molecule is CC(Nn1cccc1)c1nc2ccccc2s1. The van der Waals surface area contributed by atoms with Crippen LogP contribution in [-0.2, 0) is 0 Å². The highest BCUT2D eigenvalue weighted by Gasteiger charge is 2.10. The maximum absolute atomic E-state index is 4.64. The number of nitrogens with zero attached hydrogens (tertiary/aromatic N) is 2. The third-order valence-electron chi connectivity index (χ3n) is 2.63. The molecule has 0 saturated heterocycles. The highest BCUT2D eigenvalue weighted by atomic mass is 32.1. The van der Waals surface area contributed by atoms with Crippen molar-refractivity contribution in [3.05, 3.63) is 53.8 Å². The van der Waals surface area contributed by atoms with Crippen molar-refractivity contribution in [2.24, 2.45) is 0 Å². The highest BCUT2D eigenvalue weighted by Crippen LogP contribution is 2.26. The molecule has 1 aromatic carbocycles. The fourth-order valence-corrected chi connectivity index (χ4v) is 2.74. The van der Waals surface area contributed by atoms with Crippen molar-refractivity contribution in [3.63, 3.8) is 0 Å². The first-order chi connectivity index (χ1) is 8.33. The molecule has 0 bridgehead atoms. The van der Waals surface area contributed by atoms with Gasteiger partial charge in [-0.05, 0) is 31.2 Å². The van der Waals surface area contributed by atoms with Crippen molar-refractivity contribution in [2.75, 3.05) is 5.43 Å². The van der Waals surface area contributed by atoms with E-state index in [2.05, 4.69) is 29.5 Å². The van der Waals surface area contributed by atoms with Crippen LogP contribution in [0.5, 0.6) is 0 Å². The molecule has 86 valence electrons. The van der Waals surface area contributed by atoms with Gasteiger partial charge in [-0.25, -0.2) is 4.98 Å². The standard InChI is InChI=1S/C13H13N3S/c1-10(15-16-8-4-5-9-16)13-14-11-6-2-3-7-12(11)17-13/h2-10,15H,1H3. The minimum absolute atomic E-state index is 0.208. The number of benzene rings is 1. The van der Waals surface area contributed by atoms with Gasteiger partial charge in [-0.2, -0.15) is 0 Å². The lowest BCUT2D eigenvalue weighted by molar-refractivity contribution is 0.724. The first-order valence-corrected chi connectivity index (χ1v) is 6.39. The van der Waals surface area contributed by atoms with Crippen LogP contribution in [-0.4, -0.2) is 9.66 Å². The molecular weight excluding hydrogens is 230 g/mol. The van der Waals surface area contributed by atoms with Gasteiger partial charge in [0.2, 0.25) is 0 Å². The van der Waals surface area contributed by atoms with Gasteiger partial charge in [0.1, 0.15) is 5.01 Å². The normalized spacial score (nSPS) is 12.8. The fraction of sp³-hybridized carbons (Fsp3) is 0.154. The van der Waals surface area contributed by atoms with E-state index < -0.39 is 0 Å². The summed E-state index contributed by atoms with van der Waals surface area (Å²) in [5.41, 5.74) is 4.44. The van der Waals surface area contributed by atoms with Crippen LogP contribution < -0.4 is 5.43 Å². The van der Waals surface area contributed by atoms with Gasteiger partial charge >= 0.3 is 0 Å². The van der Waals surface area contributed by atoms with Crippen LogP contribution in [0, 0.1) is 0 Å². The maximum atomic E-state index is 4.64. The van der Waals surface area contributed by atoms with Crippen LogP contribution in [0.15, 0.2) is 48.8 Å². The quantitative estimate of drug-likeness (QED) is 0.764. The summed E-state index contributed by atoms with van der Waals surface area (Å²) >= 11 is 1.74. The average molecular weight is 243 g/mol.